The van der Waals surface area contributed by atoms with E-state index in [1.165, 1.54) is 12.1 Å². The molecule has 1 aromatic heterocycles. The van der Waals surface area contributed by atoms with Gasteiger partial charge < -0.3 is 10.6 Å². The molecule has 0 spiro atoms. The van der Waals surface area contributed by atoms with Gasteiger partial charge in [-0.2, -0.15) is 0 Å². The fourth-order valence-corrected chi connectivity index (χ4v) is 2.78. The van der Waals surface area contributed by atoms with Crippen molar-refractivity contribution in [3.05, 3.63) is 28.0 Å². The number of nitrogens with zero attached hydrogens (tertiary/aromatic N) is 3. The third kappa shape index (κ3) is 4.56. The van der Waals surface area contributed by atoms with Crippen molar-refractivity contribution >= 4 is 35.0 Å². The zero-order valence-electron chi connectivity index (χ0n) is 11.4. The predicted octanol–water partition coefficient (Wildman–Crippen LogP) is 1.02. The number of rotatable bonds is 3. The quantitative estimate of drug-likeness (QED) is 0.839. The van der Waals surface area contributed by atoms with E-state index in [0.29, 0.717) is 25.2 Å². The van der Waals surface area contributed by atoms with Gasteiger partial charge in [0.25, 0.3) is 5.91 Å². The van der Waals surface area contributed by atoms with E-state index in [4.69, 9.17) is 28.9 Å². The molecule has 0 aromatic carbocycles. The molecule has 0 bridgehead atoms. The normalized spacial score (nSPS) is 16.6. The summed E-state index contributed by atoms with van der Waals surface area (Å²) in [4.78, 5) is 30.9. The van der Waals surface area contributed by atoms with Gasteiger partial charge in [0.1, 0.15) is 10.3 Å². The van der Waals surface area contributed by atoms with Gasteiger partial charge in [0, 0.05) is 31.7 Å². The van der Waals surface area contributed by atoms with Crippen LogP contribution in [0.1, 0.15) is 16.8 Å². The Morgan fingerprint density at radius 1 is 1.14 bits per heavy atom. The van der Waals surface area contributed by atoms with Crippen LogP contribution in [-0.4, -0.2) is 59.3 Å². The highest BCUT2D eigenvalue weighted by molar-refractivity contribution is 6.33. The van der Waals surface area contributed by atoms with Crippen LogP contribution < -0.4 is 5.73 Å². The predicted molar refractivity (Wildman–Crippen MR) is 80.4 cm³/mol. The van der Waals surface area contributed by atoms with Crippen molar-refractivity contribution in [2.45, 2.75) is 6.42 Å². The molecule has 21 heavy (non-hydrogen) atoms. The van der Waals surface area contributed by atoms with Crippen molar-refractivity contribution in [3.8, 4) is 0 Å². The van der Waals surface area contributed by atoms with E-state index in [1.807, 2.05) is 4.90 Å². The summed E-state index contributed by atoms with van der Waals surface area (Å²) < 4.78 is 0. The Morgan fingerprint density at radius 2 is 1.81 bits per heavy atom. The zero-order valence-corrected chi connectivity index (χ0v) is 12.9. The second-order valence-corrected chi connectivity index (χ2v) is 5.66. The fourth-order valence-electron chi connectivity index (χ4n) is 2.32. The lowest BCUT2D eigenvalue weighted by atomic mass is 10.2. The number of pyridine rings is 1. The maximum absolute atomic E-state index is 12.5. The molecule has 1 saturated heterocycles. The summed E-state index contributed by atoms with van der Waals surface area (Å²) in [5.41, 5.74) is 5.62. The van der Waals surface area contributed by atoms with Gasteiger partial charge in [-0.05, 0) is 18.6 Å². The largest absolute Gasteiger partial charge is 0.369 e. The molecule has 2 N–H and O–H groups in total. The maximum atomic E-state index is 12.5. The highest BCUT2D eigenvalue weighted by atomic mass is 35.5. The number of amides is 2. The van der Waals surface area contributed by atoms with E-state index in [9.17, 15) is 9.59 Å². The molecule has 1 aliphatic rings. The first-order chi connectivity index (χ1) is 9.95. The molecule has 0 unspecified atom stereocenters. The summed E-state index contributed by atoms with van der Waals surface area (Å²) in [5, 5.41) is 0.382. The molecule has 0 saturated carbocycles. The Labute approximate surface area is 132 Å². The summed E-state index contributed by atoms with van der Waals surface area (Å²) in [5.74, 6) is -0.496. The summed E-state index contributed by atoms with van der Waals surface area (Å²) in [6.07, 6.45) is 0.783. The Kier molecular flexibility index (Phi) is 5.39. The van der Waals surface area contributed by atoms with E-state index < -0.39 is 0 Å². The third-order valence-electron chi connectivity index (χ3n) is 3.26. The van der Waals surface area contributed by atoms with Crippen LogP contribution in [0.3, 0.4) is 0 Å². The van der Waals surface area contributed by atoms with Gasteiger partial charge in [0.2, 0.25) is 5.91 Å². The number of primary amides is 1. The van der Waals surface area contributed by atoms with E-state index in [1.54, 1.807) is 4.90 Å². The van der Waals surface area contributed by atoms with Gasteiger partial charge in [-0.15, -0.1) is 0 Å². The minimum absolute atomic E-state index is 0.137. The van der Waals surface area contributed by atoms with Gasteiger partial charge in [0.05, 0.1) is 6.54 Å². The zero-order chi connectivity index (χ0) is 15.4. The second kappa shape index (κ2) is 7.06. The average Bonchev–Trinajstić information content (AvgIpc) is 2.61. The first-order valence-corrected chi connectivity index (χ1v) is 7.34. The first kappa shape index (κ1) is 16.0. The highest BCUT2D eigenvalue weighted by Crippen LogP contribution is 2.17. The summed E-state index contributed by atoms with van der Waals surface area (Å²) in [7, 11) is 0. The molecule has 2 heterocycles. The molecule has 1 aromatic rings. The SMILES string of the molecule is NC(=O)CN1CCCN(C(=O)c2cc(Cl)nc(Cl)c2)CC1. The molecule has 8 heteroatoms. The molecule has 1 aliphatic heterocycles. The fraction of sp³-hybridized carbons (Fsp3) is 0.462. The number of aromatic nitrogens is 1. The molecule has 0 atom stereocenters. The van der Waals surface area contributed by atoms with E-state index in [-0.39, 0.29) is 28.7 Å². The lowest BCUT2D eigenvalue weighted by Crippen LogP contribution is -2.38. The van der Waals surface area contributed by atoms with Crippen molar-refractivity contribution in [1.82, 2.24) is 14.8 Å². The molecule has 0 aliphatic carbocycles. The van der Waals surface area contributed by atoms with Gasteiger partial charge >= 0.3 is 0 Å². The number of halogens is 2. The third-order valence-corrected chi connectivity index (χ3v) is 3.65. The van der Waals surface area contributed by atoms with Crippen LogP contribution in [0.4, 0.5) is 0 Å². The van der Waals surface area contributed by atoms with Crippen LogP contribution in [0.15, 0.2) is 12.1 Å². The Hall–Kier alpha value is -1.37. The van der Waals surface area contributed by atoms with Gasteiger partial charge in [-0.1, -0.05) is 23.2 Å². The molecule has 1 fully saturated rings. The van der Waals surface area contributed by atoms with E-state index >= 15 is 0 Å². The number of hydrogen-bond donors (Lipinski definition) is 1. The summed E-state index contributed by atoms with van der Waals surface area (Å²) in [6, 6.07) is 3.00. The average molecular weight is 331 g/mol. The number of carbonyl (C=O) groups is 2. The maximum Gasteiger partial charge on any atom is 0.254 e. The first-order valence-electron chi connectivity index (χ1n) is 6.59. The monoisotopic (exact) mass is 330 g/mol. The molecule has 2 rings (SSSR count). The van der Waals surface area contributed by atoms with Crippen molar-refractivity contribution in [2.24, 2.45) is 5.73 Å². The molecule has 2 amide bonds. The lowest BCUT2D eigenvalue weighted by Gasteiger charge is -2.21. The summed E-state index contributed by atoms with van der Waals surface area (Å²) >= 11 is 11.6. The molecule has 0 radical (unpaired) electrons. The van der Waals surface area contributed by atoms with Crippen molar-refractivity contribution in [1.29, 1.82) is 0 Å². The molecule has 114 valence electrons. The number of nitrogens with two attached hydrogens (primary N) is 1. The Morgan fingerprint density at radius 3 is 2.43 bits per heavy atom. The highest BCUT2D eigenvalue weighted by Gasteiger charge is 2.21. The molecular weight excluding hydrogens is 315 g/mol. The second-order valence-electron chi connectivity index (χ2n) is 4.89. The van der Waals surface area contributed by atoms with Crippen LogP contribution in [0.5, 0.6) is 0 Å². The van der Waals surface area contributed by atoms with Crippen LogP contribution in [0.25, 0.3) is 0 Å². The number of hydrogen-bond acceptors (Lipinski definition) is 4. The van der Waals surface area contributed by atoms with E-state index in [2.05, 4.69) is 4.98 Å². The topological polar surface area (TPSA) is 79.5 Å². The Balaban J connectivity index is 2.04. The minimum Gasteiger partial charge on any atom is -0.369 e. The van der Waals surface area contributed by atoms with Crippen LogP contribution in [0, 0.1) is 0 Å². The minimum atomic E-state index is -0.359. The van der Waals surface area contributed by atoms with Gasteiger partial charge in [-0.3, -0.25) is 14.5 Å². The lowest BCUT2D eigenvalue weighted by molar-refractivity contribution is -0.119. The number of carbonyl (C=O) groups excluding carboxylic acids is 2. The van der Waals surface area contributed by atoms with Crippen molar-refractivity contribution < 1.29 is 9.59 Å². The van der Waals surface area contributed by atoms with Crippen LogP contribution >= 0.6 is 23.2 Å². The summed E-state index contributed by atoms with van der Waals surface area (Å²) in [6.45, 7) is 2.72. The molecular formula is C13H16Cl2N4O2. The van der Waals surface area contributed by atoms with Gasteiger partial charge in [-0.25, -0.2) is 4.98 Å². The van der Waals surface area contributed by atoms with Crippen LogP contribution in [-0.2, 0) is 4.79 Å². The standard InChI is InChI=1S/C13H16Cl2N4O2/c14-10-6-9(7-11(15)17-10)13(21)19-3-1-2-18(4-5-19)8-12(16)20/h6-7H,1-5,8H2,(H2,16,20). The van der Waals surface area contributed by atoms with E-state index in [0.717, 1.165) is 13.0 Å². The molecule has 6 nitrogen and oxygen atoms in total. The van der Waals surface area contributed by atoms with Gasteiger partial charge in [0.15, 0.2) is 0 Å². The van der Waals surface area contributed by atoms with Crippen molar-refractivity contribution in [2.75, 3.05) is 32.7 Å². The smallest absolute Gasteiger partial charge is 0.254 e. The Bertz CT molecular complexity index is 533. The van der Waals surface area contributed by atoms with Crippen LogP contribution in [0.2, 0.25) is 10.3 Å². The van der Waals surface area contributed by atoms with Crippen molar-refractivity contribution in [3.63, 3.8) is 0 Å².